The molecule has 1 aliphatic heterocycles. The molecule has 1 rings (SSSR count). The van der Waals surface area contributed by atoms with Crippen LogP contribution in [0.5, 0.6) is 0 Å². The molecule has 1 heterocycles. The Morgan fingerprint density at radius 2 is 2.33 bits per heavy atom. The smallest absolute Gasteiger partial charge is 0.410 e. The number of aliphatic carboxylic acids is 1. The van der Waals surface area contributed by atoms with E-state index >= 15 is 0 Å². The molecule has 1 N–H and O–H groups in total. The predicted molar refractivity (Wildman–Crippen MR) is 53.6 cm³/mol. The summed E-state index contributed by atoms with van der Waals surface area (Å²) in [5.74, 6) is -0.860. The molecule has 0 aromatic carbocycles. The second-order valence-corrected chi connectivity index (χ2v) is 4.13. The van der Waals surface area contributed by atoms with Crippen LogP contribution in [0, 0.1) is 0 Å². The van der Waals surface area contributed by atoms with E-state index in [2.05, 4.69) is 0 Å². The van der Waals surface area contributed by atoms with Crippen molar-refractivity contribution >= 4 is 12.1 Å². The number of ether oxygens (including phenoxy) is 1. The van der Waals surface area contributed by atoms with E-state index in [0.29, 0.717) is 19.5 Å². The van der Waals surface area contributed by atoms with E-state index in [1.54, 1.807) is 11.8 Å². The largest absolute Gasteiger partial charge is 0.481 e. The highest BCUT2D eigenvalue weighted by Crippen LogP contribution is 2.27. The van der Waals surface area contributed by atoms with E-state index in [0.717, 1.165) is 6.42 Å². The van der Waals surface area contributed by atoms with Crippen molar-refractivity contribution in [2.24, 2.45) is 0 Å². The summed E-state index contributed by atoms with van der Waals surface area (Å²) in [6, 6.07) is 0. The van der Waals surface area contributed by atoms with Crippen molar-refractivity contribution in [1.82, 2.24) is 4.90 Å². The summed E-state index contributed by atoms with van der Waals surface area (Å²) in [5, 5.41) is 8.57. The fourth-order valence-electron chi connectivity index (χ4n) is 1.72. The normalized spacial score (nSPS) is 25.5. The summed E-state index contributed by atoms with van der Waals surface area (Å²) >= 11 is 0. The van der Waals surface area contributed by atoms with Crippen LogP contribution in [0.3, 0.4) is 0 Å². The molecule has 1 aliphatic rings. The second kappa shape index (κ2) is 4.51. The third kappa shape index (κ3) is 3.11. The molecule has 0 bridgehead atoms. The number of carboxylic acids is 1. The first-order valence-corrected chi connectivity index (χ1v) is 5.16. The summed E-state index contributed by atoms with van der Waals surface area (Å²) in [4.78, 5) is 23.4. The van der Waals surface area contributed by atoms with Crippen LogP contribution in [-0.2, 0) is 9.53 Å². The van der Waals surface area contributed by atoms with Gasteiger partial charge in [-0.25, -0.2) is 4.79 Å². The fourth-order valence-corrected chi connectivity index (χ4v) is 1.72. The minimum absolute atomic E-state index is 0.0315. The monoisotopic (exact) mass is 215 g/mol. The zero-order valence-corrected chi connectivity index (χ0v) is 9.15. The Kier molecular flexibility index (Phi) is 3.55. The molecular formula is C10H17NO4. The van der Waals surface area contributed by atoms with Gasteiger partial charge >= 0.3 is 12.1 Å². The number of carbonyl (C=O) groups is 2. The molecule has 15 heavy (non-hydrogen) atoms. The lowest BCUT2D eigenvalue weighted by atomic mass is 10.0. The van der Waals surface area contributed by atoms with Gasteiger partial charge in [-0.15, -0.1) is 0 Å². The lowest BCUT2D eigenvalue weighted by molar-refractivity contribution is -0.138. The topological polar surface area (TPSA) is 66.8 Å². The number of cyclic esters (lactones) is 1. The van der Waals surface area contributed by atoms with Gasteiger partial charge in [0.25, 0.3) is 0 Å². The van der Waals surface area contributed by atoms with E-state index in [9.17, 15) is 9.59 Å². The van der Waals surface area contributed by atoms with Crippen molar-refractivity contribution < 1.29 is 19.4 Å². The van der Waals surface area contributed by atoms with Crippen LogP contribution in [0.4, 0.5) is 4.79 Å². The number of nitrogens with zero attached hydrogens (tertiary/aromatic N) is 1. The molecule has 1 saturated heterocycles. The van der Waals surface area contributed by atoms with Crippen molar-refractivity contribution in [1.29, 1.82) is 0 Å². The number of rotatable bonds is 5. The van der Waals surface area contributed by atoms with E-state index < -0.39 is 11.6 Å². The molecule has 86 valence electrons. The summed E-state index contributed by atoms with van der Waals surface area (Å²) in [7, 11) is 0. The lowest BCUT2D eigenvalue weighted by Gasteiger charge is -2.20. The Balaban J connectivity index is 2.50. The average molecular weight is 215 g/mol. The van der Waals surface area contributed by atoms with Gasteiger partial charge in [0.2, 0.25) is 0 Å². The first-order chi connectivity index (χ1) is 6.97. The third-order valence-electron chi connectivity index (χ3n) is 2.48. The third-order valence-corrected chi connectivity index (χ3v) is 2.48. The van der Waals surface area contributed by atoms with Crippen molar-refractivity contribution in [2.75, 3.05) is 13.1 Å². The van der Waals surface area contributed by atoms with Crippen molar-refractivity contribution in [2.45, 2.75) is 38.7 Å². The average Bonchev–Trinajstić information content (AvgIpc) is 2.41. The lowest BCUT2D eigenvalue weighted by Crippen LogP contribution is -2.32. The maximum Gasteiger partial charge on any atom is 0.410 e. The van der Waals surface area contributed by atoms with Crippen LogP contribution in [-0.4, -0.2) is 40.8 Å². The molecule has 0 aromatic heterocycles. The predicted octanol–water partition coefficient (Wildman–Crippen LogP) is 1.47. The van der Waals surface area contributed by atoms with Crippen molar-refractivity contribution in [3.8, 4) is 0 Å². The summed E-state index contributed by atoms with van der Waals surface area (Å²) < 4.78 is 5.19. The van der Waals surface area contributed by atoms with E-state index in [-0.39, 0.29) is 12.5 Å². The zero-order chi connectivity index (χ0) is 11.5. The highest BCUT2D eigenvalue weighted by atomic mass is 16.6. The molecule has 1 fully saturated rings. The minimum atomic E-state index is -0.860. The first kappa shape index (κ1) is 11.8. The number of hydrogen-bond acceptors (Lipinski definition) is 3. The van der Waals surface area contributed by atoms with Gasteiger partial charge in [-0.05, 0) is 19.8 Å². The second-order valence-electron chi connectivity index (χ2n) is 4.13. The Morgan fingerprint density at radius 3 is 2.87 bits per heavy atom. The van der Waals surface area contributed by atoms with Gasteiger partial charge in [0, 0.05) is 13.0 Å². The van der Waals surface area contributed by atoms with Crippen LogP contribution in [0.1, 0.15) is 33.1 Å². The standard InChI is InChI=1S/C10H17NO4/c1-3-6-11-7-10(2,15-9(11)14)5-4-8(12)13/h3-7H2,1-2H3,(H,12,13). The SMILES string of the molecule is CCCN1CC(C)(CCC(=O)O)OC1=O. The Labute approximate surface area is 89.0 Å². The van der Waals surface area contributed by atoms with Crippen molar-refractivity contribution in [3.63, 3.8) is 0 Å². The molecule has 0 aromatic rings. The number of amides is 1. The molecule has 5 nitrogen and oxygen atoms in total. The quantitative estimate of drug-likeness (QED) is 0.754. The summed E-state index contributed by atoms with van der Waals surface area (Å²) in [6.07, 6.45) is 0.951. The van der Waals surface area contributed by atoms with E-state index in [4.69, 9.17) is 9.84 Å². The maximum absolute atomic E-state index is 11.4. The molecule has 1 atom stereocenters. The molecule has 0 aliphatic carbocycles. The van der Waals surface area contributed by atoms with Crippen LogP contribution in [0.2, 0.25) is 0 Å². The van der Waals surface area contributed by atoms with Crippen LogP contribution >= 0.6 is 0 Å². The van der Waals surface area contributed by atoms with Gasteiger partial charge < -0.3 is 14.7 Å². The molecule has 1 amide bonds. The Morgan fingerprint density at radius 1 is 1.67 bits per heavy atom. The highest BCUT2D eigenvalue weighted by Gasteiger charge is 2.40. The van der Waals surface area contributed by atoms with Gasteiger partial charge in [0.05, 0.1) is 6.54 Å². The molecule has 1 unspecified atom stereocenters. The highest BCUT2D eigenvalue weighted by molar-refractivity contribution is 5.71. The Hall–Kier alpha value is -1.26. The number of carbonyl (C=O) groups excluding carboxylic acids is 1. The first-order valence-electron chi connectivity index (χ1n) is 5.16. The molecular weight excluding hydrogens is 198 g/mol. The van der Waals surface area contributed by atoms with Crippen LogP contribution in [0.15, 0.2) is 0 Å². The molecule has 0 spiro atoms. The van der Waals surface area contributed by atoms with Crippen LogP contribution in [0.25, 0.3) is 0 Å². The van der Waals surface area contributed by atoms with Crippen LogP contribution < -0.4 is 0 Å². The van der Waals surface area contributed by atoms with Gasteiger partial charge in [0.1, 0.15) is 5.60 Å². The van der Waals surface area contributed by atoms with E-state index in [1.165, 1.54) is 0 Å². The van der Waals surface area contributed by atoms with Gasteiger partial charge in [-0.2, -0.15) is 0 Å². The minimum Gasteiger partial charge on any atom is -0.481 e. The van der Waals surface area contributed by atoms with E-state index in [1.807, 2.05) is 6.92 Å². The van der Waals surface area contributed by atoms with Gasteiger partial charge in [0.15, 0.2) is 0 Å². The fraction of sp³-hybridized carbons (Fsp3) is 0.800. The number of hydrogen-bond donors (Lipinski definition) is 1. The zero-order valence-electron chi connectivity index (χ0n) is 9.15. The molecule has 0 radical (unpaired) electrons. The number of carboxylic acid groups (broad SMARTS) is 1. The van der Waals surface area contributed by atoms with Gasteiger partial charge in [-0.3, -0.25) is 4.79 Å². The van der Waals surface area contributed by atoms with Crippen molar-refractivity contribution in [3.05, 3.63) is 0 Å². The maximum atomic E-state index is 11.4. The summed E-state index contributed by atoms with van der Waals surface area (Å²) in [6.45, 7) is 4.93. The summed E-state index contributed by atoms with van der Waals surface area (Å²) in [5.41, 5.74) is -0.634. The molecule has 0 saturated carbocycles. The Bertz CT molecular complexity index is 266. The molecule has 5 heteroatoms. The van der Waals surface area contributed by atoms with Gasteiger partial charge in [-0.1, -0.05) is 6.92 Å².